The number of nitrogens with zero attached hydrogens (tertiary/aromatic N) is 1. The number of amides is 1. The number of benzene rings is 2. The Morgan fingerprint density at radius 2 is 1.95 bits per heavy atom. The lowest BCUT2D eigenvalue weighted by Gasteiger charge is -2.10. The van der Waals surface area contributed by atoms with Gasteiger partial charge in [0.2, 0.25) is 0 Å². The number of halogens is 2. The molecule has 2 aromatic carbocycles. The van der Waals surface area contributed by atoms with Crippen molar-refractivity contribution in [1.82, 2.24) is 0 Å². The van der Waals surface area contributed by atoms with Gasteiger partial charge in [0.05, 0.1) is 17.6 Å². The molecule has 0 radical (unpaired) electrons. The Hall–Kier alpha value is -2.31. The minimum absolute atomic E-state index is 0.0108. The van der Waals surface area contributed by atoms with E-state index in [2.05, 4.69) is 5.32 Å². The van der Waals surface area contributed by atoms with Crippen LogP contribution < -0.4 is 10.1 Å². The molecular weight excluding hydrogens is 331 g/mol. The third-order valence-electron chi connectivity index (χ3n) is 2.81. The second-order valence-corrected chi connectivity index (χ2v) is 5.07. The zero-order valence-corrected chi connectivity index (χ0v) is 12.8. The van der Waals surface area contributed by atoms with Crippen molar-refractivity contribution in [2.45, 2.75) is 0 Å². The van der Waals surface area contributed by atoms with Crippen molar-refractivity contribution in [1.29, 1.82) is 0 Å². The normalized spacial score (nSPS) is 10.1. The fourth-order valence-corrected chi connectivity index (χ4v) is 2.15. The van der Waals surface area contributed by atoms with Crippen LogP contribution in [0.2, 0.25) is 10.0 Å². The average molecular weight is 341 g/mol. The number of nitrogens with one attached hydrogen (secondary N) is 1. The van der Waals surface area contributed by atoms with Crippen LogP contribution in [0, 0.1) is 10.1 Å². The largest absolute Gasteiger partial charge is 0.496 e. The Balaban J connectivity index is 2.31. The quantitative estimate of drug-likeness (QED) is 0.669. The minimum atomic E-state index is -0.627. The number of ether oxygens (including phenoxy) is 1. The molecule has 0 unspecified atom stereocenters. The summed E-state index contributed by atoms with van der Waals surface area (Å²) in [5.41, 5.74) is 0.160. The number of rotatable bonds is 4. The van der Waals surface area contributed by atoms with Gasteiger partial charge in [-0.3, -0.25) is 14.9 Å². The molecule has 2 rings (SSSR count). The lowest BCUT2D eigenvalue weighted by Crippen LogP contribution is -2.13. The topological polar surface area (TPSA) is 81.5 Å². The maximum Gasteiger partial charge on any atom is 0.289 e. The summed E-state index contributed by atoms with van der Waals surface area (Å²) in [5.74, 6) is -0.165. The highest BCUT2D eigenvalue weighted by molar-refractivity contribution is 6.33. The molecule has 0 aliphatic carbocycles. The van der Waals surface area contributed by atoms with Gasteiger partial charge in [0.15, 0.2) is 0 Å². The monoisotopic (exact) mass is 340 g/mol. The molecule has 0 fully saturated rings. The van der Waals surface area contributed by atoms with Crippen LogP contribution in [0.15, 0.2) is 36.4 Å². The first-order valence-corrected chi connectivity index (χ1v) is 6.77. The van der Waals surface area contributed by atoms with E-state index in [9.17, 15) is 14.9 Å². The molecule has 2 aromatic rings. The van der Waals surface area contributed by atoms with Crippen LogP contribution in [0.25, 0.3) is 0 Å². The molecule has 0 saturated heterocycles. The van der Waals surface area contributed by atoms with Gasteiger partial charge < -0.3 is 10.1 Å². The summed E-state index contributed by atoms with van der Waals surface area (Å²) in [6.07, 6.45) is 0. The van der Waals surface area contributed by atoms with Crippen molar-refractivity contribution in [2.75, 3.05) is 12.4 Å². The molecule has 0 aliphatic rings. The Morgan fingerprint density at radius 3 is 2.59 bits per heavy atom. The number of hydrogen-bond donors (Lipinski definition) is 1. The van der Waals surface area contributed by atoms with Crippen molar-refractivity contribution < 1.29 is 14.5 Å². The lowest BCUT2D eigenvalue weighted by molar-refractivity contribution is -0.384. The van der Waals surface area contributed by atoms with Gasteiger partial charge in [-0.25, -0.2) is 0 Å². The van der Waals surface area contributed by atoms with Crippen molar-refractivity contribution in [2.24, 2.45) is 0 Å². The van der Waals surface area contributed by atoms with E-state index in [1.54, 1.807) is 12.1 Å². The summed E-state index contributed by atoms with van der Waals surface area (Å²) < 4.78 is 5.09. The van der Waals surface area contributed by atoms with E-state index in [1.807, 2.05) is 0 Å². The van der Waals surface area contributed by atoms with E-state index < -0.39 is 10.8 Å². The van der Waals surface area contributed by atoms with E-state index in [-0.39, 0.29) is 22.0 Å². The van der Waals surface area contributed by atoms with Crippen molar-refractivity contribution in [3.8, 4) is 5.75 Å². The molecule has 0 aliphatic heterocycles. The van der Waals surface area contributed by atoms with Gasteiger partial charge in [0, 0.05) is 16.8 Å². The van der Waals surface area contributed by atoms with Crippen LogP contribution >= 0.6 is 23.2 Å². The van der Waals surface area contributed by atoms with Gasteiger partial charge in [-0.2, -0.15) is 0 Å². The van der Waals surface area contributed by atoms with E-state index in [0.717, 1.165) is 0 Å². The maximum atomic E-state index is 12.3. The van der Waals surface area contributed by atoms with Gasteiger partial charge in [0.1, 0.15) is 10.8 Å². The second kappa shape index (κ2) is 6.64. The Morgan fingerprint density at radius 1 is 1.23 bits per heavy atom. The van der Waals surface area contributed by atoms with Crippen LogP contribution in [0.5, 0.6) is 5.75 Å². The van der Waals surface area contributed by atoms with Gasteiger partial charge in [-0.05, 0) is 30.3 Å². The van der Waals surface area contributed by atoms with Crippen molar-refractivity contribution >= 4 is 40.5 Å². The highest BCUT2D eigenvalue weighted by Gasteiger charge is 2.16. The highest BCUT2D eigenvalue weighted by Crippen LogP contribution is 2.28. The van der Waals surface area contributed by atoms with Gasteiger partial charge in [-0.15, -0.1) is 0 Å². The van der Waals surface area contributed by atoms with E-state index >= 15 is 0 Å². The number of nitro groups is 1. The first-order valence-electron chi connectivity index (χ1n) is 6.01. The summed E-state index contributed by atoms with van der Waals surface area (Å²) in [4.78, 5) is 22.5. The van der Waals surface area contributed by atoms with Crippen molar-refractivity contribution in [3.05, 3.63) is 62.1 Å². The smallest absolute Gasteiger partial charge is 0.289 e. The van der Waals surface area contributed by atoms with Gasteiger partial charge in [0.25, 0.3) is 11.6 Å². The molecule has 22 heavy (non-hydrogen) atoms. The fourth-order valence-electron chi connectivity index (χ4n) is 1.79. The van der Waals surface area contributed by atoms with Crippen LogP contribution in [0.4, 0.5) is 11.4 Å². The third-order valence-corrected chi connectivity index (χ3v) is 3.36. The highest BCUT2D eigenvalue weighted by atomic mass is 35.5. The number of methoxy groups -OCH3 is 1. The summed E-state index contributed by atoms with van der Waals surface area (Å²) in [6, 6.07) is 8.57. The number of carbonyl (C=O) groups is 1. The third kappa shape index (κ3) is 3.47. The number of hydrogen-bond acceptors (Lipinski definition) is 4. The molecule has 1 N–H and O–H groups in total. The molecule has 0 saturated carbocycles. The molecule has 114 valence electrons. The van der Waals surface area contributed by atoms with Crippen LogP contribution in [0.1, 0.15) is 10.4 Å². The Kier molecular flexibility index (Phi) is 4.85. The SMILES string of the molecule is COc1ccc(Cl)cc1C(=O)Nc1ccc(Cl)c([N+](=O)[O-])c1. The number of carbonyl (C=O) groups excluding carboxylic acids is 1. The summed E-state index contributed by atoms with van der Waals surface area (Å²) in [6.45, 7) is 0. The molecule has 0 spiro atoms. The van der Waals surface area contributed by atoms with Crippen LogP contribution in [-0.4, -0.2) is 17.9 Å². The fraction of sp³-hybridized carbons (Fsp3) is 0.0714. The van der Waals surface area contributed by atoms with Gasteiger partial charge >= 0.3 is 0 Å². The van der Waals surface area contributed by atoms with Crippen LogP contribution in [-0.2, 0) is 0 Å². The second-order valence-electron chi connectivity index (χ2n) is 4.22. The summed E-state index contributed by atoms with van der Waals surface area (Å²) in [5, 5.41) is 13.7. The van der Waals surface area contributed by atoms with E-state index in [0.29, 0.717) is 10.8 Å². The predicted octanol–water partition coefficient (Wildman–Crippen LogP) is 4.16. The van der Waals surface area contributed by atoms with Crippen LogP contribution in [0.3, 0.4) is 0 Å². The number of anilines is 1. The number of nitro benzene ring substituents is 1. The first kappa shape index (κ1) is 16.1. The Labute approximate surface area is 135 Å². The molecule has 0 aromatic heterocycles. The zero-order chi connectivity index (χ0) is 16.3. The standard InChI is InChI=1S/C14H10Cl2N2O4/c1-22-13-5-2-8(15)6-10(13)14(19)17-9-3-4-11(16)12(7-9)18(20)21/h2-7H,1H3,(H,17,19). The Bertz CT molecular complexity index is 750. The first-order chi connectivity index (χ1) is 10.4. The molecule has 0 heterocycles. The summed E-state index contributed by atoms with van der Waals surface area (Å²) >= 11 is 11.6. The average Bonchev–Trinajstić information content (AvgIpc) is 2.48. The van der Waals surface area contributed by atoms with E-state index in [1.165, 1.54) is 31.4 Å². The molecule has 0 bridgehead atoms. The molecule has 1 amide bonds. The lowest BCUT2D eigenvalue weighted by atomic mass is 10.1. The molecular formula is C14H10Cl2N2O4. The predicted molar refractivity (Wildman–Crippen MR) is 84.1 cm³/mol. The molecule has 0 atom stereocenters. The maximum absolute atomic E-state index is 12.3. The molecule has 8 heteroatoms. The minimum Gasteiger partial charge on any atom is -0.496 e. The molecule has 6 nitrogen and oxygen atoms in total. The van der Waals surface area contributed by atoms with Gasteiger partial charge in [-0.1, -0.05) is 23.2 Å². The summed E-state index contributed by atoms with van der Waals surface area (Å²) in [7, 11) is 1.42. The van der Waals surface area contributed by atoms with Crippen molar-refractivity contribution in [3.63, 3.8) is 0 Å². The zero-order valence-electron chi connectivity index (χ0n) is 11.3. The van der Waals surface area contributed by atoms with E-state index in [4.69, 9.17) is 27.9 Å².